The molecule has 0 unspecified atom stereocenters. The monoisotopic (exact) mass is 489 g/mol. The molecule has 35 heavy (non-hydrogen) atoms. The van der Waals surface area contributed by atoms with Gasteiger partial charge in [0.25, 0.3) is 0 Å². The molecule has 1 aromatic carbocycles. The van der Waals surface area contributed by atoms with Crippen molar-refractivity contribution in [3.05, 3.63) is 29.8 Å². The largest absolute Gasteiger partial charge is 0.494 e. The molecule has 196 valence electrons. The van der Waals surface area contributed by atoms with E-state index >= 15 is 0 Å². The van der Waals surface area contributed by atoms with Crippen LogP contribution in [-0.2, 0) is 9.53 Å². The van der Waals surface area contributed by atoms with Gasteiger partial charge in [-0.2, -0.15) is 0 Å². The first kappa shape index (κ1) is 28.6. The maximum absolute atomic E-state index is 12.6. The zero-order chi connectivity index (χ0) is 25.8. The fourth-order valence-corrected chi connectivity index (χ4v) is 3.82. The van der Waals surface area contributed by atoms with Crippen LogP contribution in [0, 0.1) is 0 Å². The van der Waals surface area contributed by atoms with Gasteiger partial charge < -0.3 is 19.3 Å². The van der Waals surface area contributed by atoms with Gasteiger partial charge in [-0.25, -0.2) is 4.79 Å². The van der Waals surface area contributed by atoms with Gasteiger partial charge in [0.2, 0.25) is 5.91 Å². The van der Waals surface area contributed by atoms with Crippen molar-refractivity contribution in [2.24, 2.45) is 0 Å². The van der Waals surface area contributed by atoms with Crippen LogP contribution in [-0.4, -0.2) is 91.0 Å². The van der Waals surface area contributed by atoms with Crippen LogP contribution in [0.4, 0.5) is 4.79 Å². The van der Waals surface area contributed by atoms with E-state index in [-0.39, 0.29) is 18.2 Å². The number of rotatable bonds is 12. The molecule has 0 spiro atoms. The van der Waals surface area contributed by atoms with Crippen molar-refractivity contribution >= 4 is 17.8 Å². The fraction of sp³-hybridized carbons (Fsp3) is 0.667. The molecule has 8 heteroatoms. The molecule has 0 aliphatic carbocycles. The highest BCUT2D eigenvalue weighted by Crippen LogP contribution is 2.15. The number of hydrogen-bond donors (Lipinski definition) is 0. The summed E-state index contributed by atoms with van der Waals surface area (Å²) in [6.07, 6.45) is 4.14. The second-order valence-corrected chi connectivity index (χ2v) is 10.2. The summed E-state index contributed by atoms with van der Waals surface area (Å²) in [6, 6.07) is 7.43. The Kier molecular flexibility index (Phi) is 11.5. The maximum atomic E-state index is 12.6. The maximum Gasteiger partial charge on any atom is 0.410 e. The Labute approximate surface area is 210 Å². The third-order valence-corrected chi connectivity index (χ3v) is 5.87. The van der Waals surface area contributed by atoms with Crippen LogP contribution in [0.5, 0.6) is 5.75 Å². The Hall–Kier alpha value is -2.61. The summed E-state index contributed by atoms with van der Waals surface area (Å²) in [5.74, 6) is 0.910. The lowest BCUT2D eigenvalue weighted by atomic mass is 10.0. The molecule has 0 radical (unpaired) electrons. The lowest BCUT2D eigenvalue weighted by Crippen LogP contribution is -2.51. The minimum atomic E-state index is -0.583. The molecular formula is C27H43N3O5. The van der Waals surface area contributed by atoms with Crippen molar-refractivity contribution in [3.63, 3.8) is 0 Å². The lowest BCUT2D eigenvalue weighted by molar-refractivity contribution is -0.133. The highest BCUT2D eigenvalue weighted by atomic mass is 16.6. The molecule has 2 rings (SSSR count). The van der Waals surface area contributed by atoms with Gasteiger partial charge in [0.1, 0.15) is 17.9 Å². The van der Waals surface area contributed by atoms with Crippen LogP contribution in [0.25, 0.3) is 0 Å². The number of Topliss-reactive ketones (excluding diaryl/α,β-unsaturated/α-hetero) is 1. The number of unbranched alkanes of at least 4 members (excludes halogenated alkanes) is 2. The first-order valence-corrected chi connectivity index (χ1v) is 12.8. The first-order valence-electron chi connectivity index (χ1n) is 12.8. The summed E-state index contributed by atoms with van der Waals surface area (Å²) < 4.78 is 11.1. The Morgan fingerprint density at radius 2 is 1.63 bits per heavy atom. The fourth-order valence-electron chi connectivity index (χ4n) is 3.82. The summed E-state index contributed by atoms with van der Waals surface area (Å²) in [5.41, 5.74) is 0.165. The van der Waals surface area contributed by atoms with E-state index < -0.39 is 11.7 Å². The molecule has 1 saturated heterocycles. The molecule has 0 saturated carbocycles. The number of hydrogen-bond acceptors (Lipinski definition) is 6. The molecule has 1 aromatic rings. The predicted molar refractivity (Wildman–Crippen MR) is 137 cm³/mol. The van der Waals surface area contributed by atoms with E-state index in [0.29, 0.717) is 26.1 Å². The number of nitrogens with zero attached hydrogens (tertiary/aromatic N) is 3. The average molecular weight is 490 g/mol. The summed E-state index contributed by atoms with van der Waals surface area (Å²) in [4.78, 5) is 42.2. The molecule has 1 aliphatic rings. The Bertz CT molecular complexity index is 811. The normalized spacial score (nSPS) is 14.5. The number of carbonyl (C=O) groups is 3. The van der Waals surface area contributed by atoms with Crippen LogP contribution in [0.2, 0.25) is 0 Å². The van der Waals surface area contributed by atoms with Crippen molar-refractivity contribution in [2.45, 2.75) is 65.4 Å². The zero-order valence-electron chi connectivity index (χ0n) is 22.2. The Morgan fingerprint density at radius 1 is 0.971 bits per heavy atom. The molecule has 1 heterocycles. The molecule has 1 aliphatic heterocycles. The van der Waals surface area contributed by atoms with E-state index in [1.807, 2.05) is 24.3 Å². The zero-order valence-corrected chi connectivity index (χ0v) is 22.2. The van der Waals surface area contributed by atoms with Gasteiger partial charge in [-0.05, 0) is 57.9 Å². The Morgan fingerprint density at radius 3 is 2.23 bits per heavy atom. The van der Waals surface area contributed by atoms with Gasteiger partial charge in [0.05, 0.1) is 6.61 Å². The predicted octanol–water partition coefficient (Wildman–Crippen LogP) is 4.23. The standard InChI is InChI=1S/C27H43N3O5/c1-6-7-8-10-24(31)22-11-13-23(14-12-22)34-20-9-15-29-16-18-30(19-17-29)25(32)21-28(5)26(33)35-27(2,3)4/h11-14H,6-10,15-21H2,1-5H3. The molecule has 8 nitrogen and oxygen atoms in total. The van der Waals surface area contributed by atoms with E-state index in [0.717, 1.165) is 56.6 Å². The average Bonchev–Trinajstić information content (AvgIpc) is 2.81. The summed E-state index contributed by atoms with van der Waals surface area (Å²) in [5, 5.41) is 0. The number of carbonyl (C=O) groups excluding carboxylic acids is 3. The topological polar surface area (TPSA) is 79.4 Å². The number of likely N-dealkylation sites (N-methyl/N-ethyl adjacent to an activating group) is 1. The SMILES string of the molecule is CCCCCC(=O)c1ccc(OCCCN2CCN(C(=O)CN(C)C(=O)OC(C)(C)C)CC2)cc1. The van der Waals surface area contributed by atoms with Gasteiger partial charge >= 0.3 is 6.09 Å². The van der Waals surface area contributed by atoms with Crippen LogP contribution in [0.1, 0.15) is 70.2 Å². The van der Waals surface area contributed by atoms with Crippen LogP contribution in [0.15, 0.2) is 24.3 Å². The third-order valence-electron chi connectivity index (χ3n) is 5.87. The molecule has 0 bridgehead atoms. The van der Waals surface area contributed by atoms with E-state index in [9.17, 15) is 14.4 Å². The van der Waals surface area contributed by atoms with E-state index in [4.69, 9.17) is 9.47 Å². The number of ketones is 1. The van der Waals surface area contributed by atoms with Crippen LogP contribution >= 0.6 is 0 Å². The van der Waals surface area contributed by atoms with E-state index in [1.165, 1.54) is 4.90 Å². The second-order valence-electron chi connectivity index (χ2n) is 10.2. The highest BCUT2D eigenvalue weighted by Gasteiger charge is 2.25. The van der Waals surface area contributed by atoms with Gasteiger partial charge in [0.15, 0.2) is 5.78 Å². The smallest absolute Gasteiger partial charge is 0.410 e. The van der Waals surface area contributed by atoms with Crippen molar-refractivity contribution in [3.8, 4) is 5.75 Å². The van der Waals surface area contributed by atoms with E-state index in [2.05, 4.69) is 11.8 Å². The minimum absolute atomic E-state index is 0.0197. The van der Waals surface area contributed by atoms with Crippen molar-refractivity contribution in [1.29, 1.82) is 0 Å². The molecule has 0 aromatic heterocycles. The molecular weight excluding hydrogens is 446 g/mol. The van der Waals surface area contributed by atoms with Crippen molar-refractivity contribution in [2.75, 3.05) is 52.9 Å². The summed E-state index contributed by atoms with van der Waals surface area (Å²) >= 11 is 0. The van der Waals surface area contributed by atoms with Gasteiger partial charge in [-0.3, -0.25) is 14.5 Å². The summed E-state index contributed by atoms with van der Waals surface area (Å²) in [6.45, 7) is 12.0. The lowest BCUT2D eigenvalue weighted by Gasteiger charge is -2.35. The molecule has 2 amide bonds. The van der Waals surface area contributed by atoms with Crippen LogP contribution < -0.4 is 4.74 Å². The van der Waals surface area contributed by atoms with Gasteiger partial charge in [0, 0.05) is 51.8 Å². The third kappa shape index (κ3) is 10.7. The van der Waals surface area contributed by atoms with E-state index in [1.54, 1.807) is 32.7 Å². The number of ether oxygens (including phenoxy) is 2. The highest BCUT2D eigenvalue weighted by molar-refractivity contribution is 5.96. The number of piperazine rings is 1. The number of benzene rings is 1. The molecule has 0 atom stereocenters. The molecule has 0 N–H and O–H groups in total. The van der Waals surface area contributed by atoms with Crippen molar-refractivity contribution < 1.29 is 23.9 Å². The molecule has 1 fully saturated rings. The quantitative estimate of drug-likeness (QED) is 0.323. The Balaban J connectivity index is 1.62. The van der Waals surface area contributed by atoms with Crippen molar-refractivity contribution in [1.82, 2.24) is 14.7 Å². The van der Waals surface area contributed by atoms with Gasteiger partial charge in [-0.1, -0.05) is 19.8 Å². The minimum Gasteiger partial charge on any atom is -0.494 e. The first-order chi connectivity index (χ1) is 16.6. The number of amides is 2. The second kappa shape index (κ2) is 14.1. The van der Waals surface area contributed by atoms with Gasteiger partial charge in [-0.15, -0.1) is 0 Å². The summed E-state index contributed by atoms with van der Waals surface area (Å²) in [7, 11) is 1.58. The van der Waals surface area contributed by atoms with Crippen LogP contribution in [0.3, 0.4) is 0 Å².